The Morgan fingerprint density at radius 1 is 1.29 bits per heavy atom. The Balaban J connectivity index is 2.22. The molecule has 0 unspecified atom stereocenters. The maximum atomic E-state index is 11.5. The van der Waals surface area contributed by atoms with Crippen molar-refractivity contribution in [2.75, 3.05) is 13.1 Å². The lowest BCUT2D eigenvalue weighted by atomic mass is 10.2. The number of hydrogen-bond donors (Lipinski definition) is 2. The lowest BCUT2D eigenvalue weighted by molar-refractivity contribution is -0.121. The topological polar surface area (TPSA) is 41.1 Å². The predicted octanol–water partition coefficient (Wildman–Crippen LogP) is 2.35. The first-order chi connectivity index (χ1) is 8.24. The van der Waals surface area contributed by atoms with Gasteiger partial charge in [0, 0.05) is 24.5 Å². The van der Waals surface area contributed by atoms with Gasteiger partial charge in [-0.3, -0.25) is 4.79 Å². The van der Waals surface area contributed by atoms with Crippen molar-refractivity contribution in [2.45, 2.75) is 26.3 Å². The van der Waals surface area contributed by atoms with Crippen LogP contribution in [0.4, 0.5) is 0 Å². The standard InChI is InChI=1S/C13H19ClN2O/c1-2-8-15-9-7-13(17)16-10-11-5-3-4-6-12(11)14/h3-6,15H,2,7-10H2,1H3,(H,16,17). The van der Waals surface area contributed by atoms with Gasteiger partial charge in [-0.05, 0) is 24.6 Å². The molecule has 0 aliphatic rings. The maximum Gasteiger partial charge on any atom is 0.221 e. The van der Waals surface area contributed by atoms with E-state index in [1.165, 1.54) is 0 Å². The third-order valence-electron chi connectivity index (χ3n) is 2.39. The fraction of sp³-hybridized carbons (Fsp3) is 0.462. The summed E-state index contributed by atoms with van der Waals surface area (Å²) < 4.78 is 0. The first kappa shape index (κ1) is 14.0. The van der Waals surface area contributed by atoms with Crippen LogP contribution in [-0.2, 0) is 11.3 Å². The summed E-state index contributed by atoms with van der Waals surface area (Å²) in [6, 6.07) is 7.53. The number of carbonyl (C=O) groups is 1. The minimum Gasteiger partial charge on any atom is -0.352 e. The molecule has 0 aromatic heterocycles. The molecule has 0 radical (unpaired) electrons. The minimum absolute atomic E-state index is 0.0496. The van der Waals surface area contributed by atoms with Gasteiger partial charge in [0.1, 0.15) is 0 Å². The van der Waals surface area contributed by atoms with Gasteiger partial charge in [-0.2, -0.15) is 0 Å². The first-order valence-electron chi connectivity index (χ1n) is 5.95. The largest absolute Gasteiger partial charge is 0.352 e. The molecule has 1 rings (SSSR count). The molecule has 0 bridgehead atoms. The monoisotopic (exact) mass is 254 g/mol. The highest BCUT2D eigenvalue weighted by Crippen LogP contribution is 2.14. The minimum atomic E-state index is 0.0496. The van der Waals surface area contributed by atoms with Gasteiger partial charge >= 0.3 is 0 Å². The van der Waals surface area contributed by atoms with Gasteiger partial charge < -0.3 is 10.6 Å². The third-order valence-corrected chi connectivity index (χ3v) is 2.76. The van der Waals surface area contributed by atoms with Crippen molar-refractivity contribution in [3.63, 3.8) is 0 Å². The number of rotatable bonds is 7. The van der Waals surface area contributed by atoms with E-state index in [4.69, 9.17) is 11.6 Å². The summed E-state index contributed by atoms with van der Waals surface area (Å²) in [5.74, 6) is 0.0496. The van der Waals surface area contributed by atoms with Crippen LogP contribution in [0.2, 0.25) is 5.02 Å². The van der Waals surface area contributed by atoms with Crippen LogP contribution in [0.1, 0.15) is 25.3 Å². The second-order valence-corrected chi connectivity index (χ2v) is 4.28. The summed E-state index contributed by atoms with van der Waals surface area (Å²) in [6.45, 7) is 4.27. The van der Waals surface area contributed by atoms with Crippen molar-refractivity contribution < 1.29 is 4.79 Å². The van der Waals surface area contributed by atoms with E-state index < -0.39 is 0 Å². The molecule has 0 saturated heterocycles. The van der Waals surface area contributed by atoms with Crippen molar-refractivity contribution in [2.24, 2.45) is 0 Å². The average molecular weight is 255 g/mol. The highest BCUT2D eigenvalue weighted by atomic mass is 35.5. The summed E-state index contributed by atoms with van der Waals surface area (Å²) in [7, 11) is 0. The van der Waals surface area contributed by atoms with E-state index >= 15 is 0 Å². The number of hydrogen-bond acceptors (Lipinski definition) is 2. The number of benzene rings is 1. The molecule has 1 amide bonds. The Hall–Kier alpha value is -1.06. The first-order valence-corrected chi connectivity index (χ1v) is 6.32. The molecule has 1 aromatic rings. The molecule has 1 aromatic carbocycles. The Morgan fingerprint density at radius 3 is 2.76 bits per heavy atom. The van der Waals surface area contributed by atoms with E-state index in [2.05, 4.69) is 17.6 Å². The zero-order valence-electron chi connectivity index (χ0n) is 10.1. The molecule has 0 heterocycles. The van der Waals surface area contributed by atoms with Crippen LogP contribution < -0.4 is 10.6 Å². The van der Waals surface area contributed by atoms with Gasteiger partial charge in [0.15, 0.2) is 0 Å². The summed E-state index contributed by atoms with van der Waals surface area (Å²) in [4.78, 5) is 11.5. The average Bonchev–Trinajstić information content (AvgIpc) is 2.34. The van der Waals surface area contributed by atoms with E-state index in [1.807, 2.05) is 24.3 Å². The molecule has 4 heteroatoms. The molecular weight excluding hydrogens is 236 g/mol. The molecule has 94 valence electrons. The number of carbonyl (C=O) groups excluding carboxylic acids is 1. The van der Waals surface area contributed by atoms with Crippen LogP contribution >= 0.6 is 11.6 Å². The van der Waals surface area contributed by atoms with Gasteiger partial charge in [0.05, 0.1) is 0 Å². The normalized spacial score (nSPS) is 10.2. The third kappa shape index (κ3) is 5.71. The Bertz CT molecular complexity index is 355. The summed E-state index contributed by atoms with van der Waals surface area (Å²) >= 11 is 5.99. The van der Waals surface area contributed by atoms with Crippen LogP contribution in [0.15, 0.2) is 24.3 Å². The van der Waals surface area contributed by atoms with Crippen molar-refractivity contribution in [3.8, 4) is 0 Å². The van der Waals surface area contributed by atoms with Crippen molar-refractivity contribution >= 4 is 17.5 Å². The van der Waals surface area contributed by atoms with Gasteiger partial charge in [-0.15, -0.1) is 0 Å². The lowest BCUT2D eigenvalue weighted by Crippen LogP contribution is -2.27. The van der Waals surface area contributed by atoms with Crippen LogP contribution in [0.5, 0.6) is 0 Å². The molecule has 0 spiro atoms. The van der Waals surface area contributed by atoms with Crippen molar-refractivity contribution in [1.82, 2.24) is 10.6 Å². The molecule has 2 N–H and O–H groups in total. The predicted molar refractivity (Wildman–Crippen MR) is 71.1 cm³/mol. The van der Waals surface area contributed by atoms with Gasteiger partial charge in [-0.25, -0.2) is 0 Å². The van der Waals surface area contributed by atoms with E-state index in [0.29, 0.717) is 18.0 Å². The number of amides is 1. The van der Waals surface area contributed by atoms with E-state index in [9.17, 15) is 4.79 Å². The van der Waals surface area contributed by atoms with Crippen molar-refractivity contribution in [3.05, 3.63) is 34.9 Å². The quantitative estimate of drug-likeness (QED) is 0.734. The molecule has 0 atom stereocenters. The summed E-state index contributed by atoms with van der Waals surface area (Å²) in [5, 5.41) is 6.73. The molecule has 0 saturated carbocycles. The SMILES string of the molecule is CCCNCCC(=O)NCc1ccccc1Cl. The van der Waals surface area contributed by atoms with Gasteiger partial charge in [0.25, 0.3) is 0 Å². The van der Waals surface area contributed by atoms with Crippen molar-refractivity contribution in [1.29, 1.82) is 0 Å². The molecule has 0 aliphatic heterocycles. The smallest absolute Gasteiger partial charge is 0.221 e. The molecule has 17 heavy (non-hydrogen) atoms. The Kier molecular flexibility index (Phi) is 6.67. The molecule has 0 aliphatic carbocycles. The van der Waals surface area contributed by atoms with Crippen LogP contribution in [-0.4, -0.2) is 19.0 Å². The van der Waals surface area contributed by atoms with Gasteiger partial charge in [0.2, 0.25) is 5.91 Å². The number of nitrogens with one attached hydrogen (secondary N) is 2. The highest BCUT2D eigenvalue weighted by molar-refractivity contribution is 6.31. The molecular formula is C13H19ClN2O. The molecule has 3 nitrogen and oxygen atoms in total. The van der Waals surface area contributed by atoms with Gasteiger partial charge in [-0.1, -0.05) is 36.7 Å². The van der Waals surface area contributed by atoms with Crippen LogP contribution in [0.3, 0.4) is 0 Å². The fourth-order valence-corrected chi connectivity index (χ4v) is 1.63. The second kappa shape index (κ2) is 8.09. The lowest BCUT2D eigenvalue weighted by Gasteiger charge is -2.07. The fourth-order valence-electron chi connectivity index (χ4n) is 1.43. The zero-order chi connectivity index (χ0) is 12.5. The number of halogens is 1. The zero-order valence-corrected chi connectivity index (χ0v) is 10.9. The highest BCUT2D eigenvalue weighted by Gasteiger charge is 2.02. The molecule has 0 fully saturated rings. The van der Waals surface area contributed by atoms with E-state index in [-0.39, 0.29) is 5.91 Å². The summed E-state index contributed by atoms with van der Waals surface area (Å²) in [5.41, 5.74) is 0.948. The van der Waals surface area contributed by atoms with Crippen LogP contribution in [0, 0.1) is 0 Å². The maximum absolute atomic E-state index is 11.5. The Morgan fingerprint density at radius 2 is 2.06 bits per heavy atom. The van der Waals surface area contributed by atoms with Crippen LogP contribution in [0.25, 0.3) is 0 Å². The second-order valence-electron chi connectivity index (χ2n) is 3.87. The van der Waals surface area contributed by atoms with E-state index in [1.54, 1.807) is 0 Å². The summed E-state index contributed by atoms with van der Waals surface area (Å²) in [6.07, 6.45) is 1.59. The Labute approximate surface area is 108 Å². The van der Waals surface area contributed by atoms with E-state index in [0.717, 1.165) is 25.1 Å².